The van der Waals surface area contributed by atoms with Crippen molar-refractivity contribution in [2.75, 3.05) is 12.4 Å². The van der Waals surface area contributed by atoms with E-state index in [4.69, 9.17) is 0 Å². The average Bonchev–Trinajstić information content (AvgIpc) is 2.55. The van der Waals surface area contributed by atoms with E-state index in [1.807, 2.05) is 7.05 Å². The third kappa shape index (κ3) is 5.80. The number of nitrogens with zero attached hydrogens (tertiary/aromatic N) is 1. The number of rotatable bonds is 11. The van der Waals surface area contributed by atoms with Gasteiger partial charge in [-0.25, -0.2) is 0 Å². The molecule has 2 nitrogen and oxygen atoms in total. The summed E-state index contributed by atoms with van der Waals surface area (Å²) < 4.78 is 6.22. The number of hydrogen-bond acceptors (Lipinski definition) is 2. The van der Waals surface area contributed by atoms with Gasteiger partial charge < -0.3 is 0 Å². The Morgan fingerprint density at radius 3 is 1.76 bits per heavy atom. The number of nitrogens with one attached hydrogen (secondary N) is 1. The van der Waals surface area contributed by atoms with Crippen LogP contribution in [0, 0.1) is 0 Å². The van der Waals surface area contributed by atoms with Crippen molar-refractivity contribution in [3.63, 3.8) is 0 Å². The number of anilines is 1. The van der Waals surface area contributed by atoms with E-state index in [9.17, 15) is 0 Å². The van der Waals surface area contributed by atoms with Gasteiger partial charge in [0.1, 0.15) is 0 Å². The van der Waals surface area contributed by atoms with Crippen LogP contribution in [0.1, 0.15) is 59.3 Å². The summed E-state index contributed by atoms with van der Waals surface area (Å²) in [7, 11) is 1.95. The Labute approximate surface area is 136 Å². The molecule has 0 saturated heterocycles. The number of pyridine rings is 1. The minimum atomic E-state index is -2.24. The van der Waals surface area contributed by atoms with Gasteiger partial charge in [0.25, 0.3) is 0 Å². The minimum absolute atomic E-state index is 1.00. The molecule has 0 radical (unpaired) electrons. The molecule has 21 heavy (non-hydrogen) atoms. The fraction of sp³-hybridized carbons (Fsp3) is 0.722. The molecule has 0 aliphatic rings. The molecule has 0 saturated carbocycles. The second-order valence-corrected chi connectivity index (χ2v) is 19.5. The first-order valence-electron chi connectivity index (χ1n) is 8.86. The van der Waals surface area contributed by atoms with Crippen molar-refractivity contribution < 1.29 is 0 Å². The van der Waals surface area contributed by atoms with E-state index in [0.717, 1.165) is 5.82 Å². The Bertz CT molecular complexity index is 354. The second-order valence-electron chi connectivity index (χ2n) is 6.27. The molecule has 0 amide bonds. The van der Waals surface area contributed by atoms with Crippen molar-refractivity contribution in [3.8, 4) is 0 Å². The van der Waals surface area contributed by atoms with Crippen molar-refractivity contribution >= 4 is 27.8 Å². The molecular formula is C18H34N2Sn. The molecule has 0 bridgehead atoms. The number of hydrogen-bond donors (Lipinski definition) is 1. The molecule has 0 unspecified atom stereocenters. The van der Waals surface area contributed by atoms with Crippen molar-refractivity contribution in [2.45, 2.75) is 72.6 Å². The first kappa shape index (κ1) is 18.8. The molecule has 3 heteroatoms. The van der Waals surface area contributed by atoms with Crippen LogP contribution in [0.15, 0.2) is 18.3 Å². The Kier molecular flexibility index (Phi) is 9.37. The standard InChI is InChI=1S/C6H7N2.3C4H9.Sn/c1-7-6-4-2-3-5-8-6;3*1-3-4-2;/h2,4-5H,1H3,(H,7,8);3*1,3-4H2,2H3;. The van der Waals surface area contributed by atoms with E-state index >= 15 is 0 Å². The van der Waals surface area contributed by atoms with E-state index in [0.29, 0.717) is 0 Å². The summed E-state index contributed by atoms with van der Waals surface area (Å²) in [5, 5.41) is 3.15. The zero-order valence-corrected chi connectivity index (χ0v) is 17.4. The van der Waals surface area contributed by atoms with Crippen LogP contribution in [0.3, 0.4) is 0 Å². The van der Waals surface area contributed by atoms with E-state index < -0.39 is 18.4 Å². The first-order chi connectivity index (χ1) is 10.2. The maximum atomic E-state index is 4.63. The summed E-state index contributed by atoms with van der Waals surface area (Å²) in [4.78, 5) is 4.63. The van der Waals surface area contributed by atoms with Crippen LogP contribution in [0.25, 0.3) is 0 Å². The van der Waals surface area contributed by atoms with Gasteiger partial charge >= 0.3 is 136 Å². The summed E-state index contributed by atoms with van der Waals surface area (Å²) in [5.74, 6) is 1.00. The van der Waals surface area contributed by atoms with Crippen LogP contribution >= 0.6 is 0 Å². The predicted molar refractivity (Wildman–Crippen MR) is 98.3 cm³/mol. The number of unbranched alkanes of at least 4 members (excludes halogenated alkanes) is 3. The van der Waals surface area contributed by atoms with Crippen molar-refractivity contribution in [1.29, 1.82) is 0 Å². The zero-order chi connectivity index (χ0) is 15.6. The molecule has 1 heterocycles. The van der Waals surface area contributed by atoms with Crippen molar-refractivity contribution in [3.05, 3.63) is 18.3 Å². The summed E-state index contributed by atoms with van der Waals surface area (Å²) in [6.07, 6.45) is 10.4. The third-order valence-electron chi connectivity index (χ3n) is 4.66. The molecule has 0 aliphatic carbocycles. The van der Waals surface area contributed by atoms with E-state index in [2.05, 4.69) is 49.4 Å². The SMILES string of the molecule is CCC[CH2][Sn]([CH2]CCC)([CH2]CCC)[c]1ccc(NC)nc1. The van der Waals surface area contributed by atoms with Crippen LogP contribution in [0.5, 0.6) is 0 Å². The van der Waals surface area contributed by atoms with E-state index in [1.54, 1.807) is 3.58 Å². The third-order valence-corrected chi connectivity index (χ3v) is 20.2. The summed E-state index contributed by atoms with van der Waals surface area (Å²) in [6, 6.07) is 4.58. The summed E-state index contributed by atoms with van der Waals surface area (Å²) in [5.41, 5.74) is 0. The van der Waals surface area contributed by atoms with Gasteiger partial charge in [0.15, 0.2) is 0 Å². The van der Waals surface area contributed by atoms with Gasteiger partial charge in [0, 0.05) is 0 Å². The molecule has 1 rings (SSSR count). The normalized spacial score (nSPS) is 11.6. The predicted octanol–water partition coefficient (Wildman–Crippen LogP) is 5.18. The Morgan fingerprint density at radius 2 is 1.43 bits per heavy atom. The van der Waals surface area contributed by atoms with Crippen LogP contribution in [0.2, 0.25) is 13.3 Å². The van der Waals surface area contributed by atoms with Gasteiger partial charge in [-0.15, -0.1) is 0 Å². The van der Waals surface area contributed by atoms with Crippen LogP contribution in [0.4, 0.5) is 5.82 Å². The fourth-order valence-electron chi connectivity index (χ4n) is 3.21. The molecule has 0 aromatic carbocycles. The Hall–Kier alpha value is -0.251. The quantitative estimate of drug-likeness (QED) is 0.521. The van der Waals surface area contributed by atoms with Gasteiger partial charge in [-0.05, 0) is 0 Å². The van der Waals surface area contributed by atoms with Gasteiger partial charge in [0.05, 0.1) is 0 Å². The van der Waals surface area contributed by atoms with Crippen molar-refractivity contribution in [1.82, 2.24) is 4.98 Å². The van der Waals surface area contributed by atoms with Gasteiger partial charge in [0.2, 0.25) is 0 Å². The molecule has 1 N–H and O–H groups in total. The van der Waals surface area contributed by atoms with Gasteiger partial charge in [-0.3, -0.25) is 0 Å². The summed E-state index contributed by atoms with van der Waals surface area (Å²) >= 11 is -2.24. The van der Waals surface area contributed by atoms with Crippen LogP contribution in [-0.2, 0) is 0 Å². The monoisotopic (exact) mass is 398 g/mol. The molecule has 120 valence electrons. The van der Waals surface area contributed by atoms with Crippen molar-refractivity contribution in [2.24, 2.45) is 0 Å². The van der Waals surface area contributed by atoms with E-state index in [1.165, 1.54) is 51.8 Å². The zero-order valence-electron chi connectivity index (χ0n) is 14.5. The molecule has 1 aromatic rings. The molecular weight excluding hydrogens is 363 g/mol. The second kappa shape index (κ2) is 10.5. The number of aromatic nitrogens is 1. The van der Waals surface area contributed by atoms with Crippen LogP contribution in [-0.4, -0.2) is 30.4 Å². The Balaban J connectivity index is 3.02. The average molecular weight is 397 g/mol. The fourth-order valence-corrected chi connectivity index (χ4v) is 18.9. The van der Waals surface area contributed by atoms with E-state index in [-0.39, 0.29) is 0 Å². The molecule has 0 atom stereocenters. The molecule has 1 aromatic heterocycles. The first-order valence-corrected chi connectivity index (χ1v) is 16.3. The summed E-state index contributed by atoms with van der Waals surface area (Å²) in [6.45, 7) is 7.00. The molecule has 0 aliphatic heterocycles. The van der Waals surface area contributed by atoms with Crippen LogP contribution < -0.4 is 8.90 Å². The van der Waals surface area contributed by atoms with Gasteiger partial charge in [-0.2, -0.15) is 0 Å². The topological polar surface area (TPSA) is 24.9 Å². The maximum absolute atomic E-state index is 4.63. The molecule has 0 spiro atoms. The molecule has 0 fully saturated rings. The van der Waals surface area contributed by atoms with Gasteiger partial charge in [-0.1, -0.05) is 0 Å². The Morgan fingerprint density at radius 1 is 0.905 bits per heavy atom.